The largest absolute Gasteiger partial charge is 0.378 e. The Labute approximate surface area is 180 Å². The molecule has 2 aromatic heterocycles. The van der Waals surface area contributed by atoms with Crippen molar-refractivity contribution in [2.24, 2.45) is 5.10 Å². The van der Waals surface area contributed by atoms with Crippen LogP contribution in [-0.2, 0) is 6.54 Å². The van der Waals surface area contributed by atoms with E-state index in [1.54, 1.807) is 18.2 Å². The van der Waals surface area contributed by atoms with Gasteiger partial charge in [0, 0.05) is 12.1 Å². The molecule has 30 heavy (non-hydrogen) atoms. The van der Waals surface area contributed by atoms with E-state index in [0.29, 0.717) is 27.8 Å². The van der Waals surface area contributed by atoms with Crippen LogP contribution in [0.2, 0.25) is 10.0 Å². The molecule has 0 bridgehead atoms. The molecular weight excluding hydrogens is 433 g/mol. The van der Waals surface area contributed by atoms with E-state index >= 15 is 0 Å². The number of benzene rings is 1. The average molecular weight is 450 g/mol. The number of anilines is 1. The van der Waals surface area contributed by atoms with Crippen molar-refractivity contribution in [3.8, 4) is 5.82 Å². The topological polar surface area (TPSA) is 140 Å². The molecule has 0 spiro atoms. The molecule has 1 aliphatic heterocycles. The highest BCUT2D eigenvalue weighted by Gasteiger charge is 2.26. The van der Waals surface area contributed by atoms with E-state index in [1.807, 2.05) is 0 Å². The molecule has 1 aromatic carbocycles. The number of hydrazone groups is 1. The van der Waals surface area contributed by atoms with Gasteiger partial charge in [0.1, 0.15) is 0 Å². The standard InChI is InChI=1S/C17H17Cl2N9O2/c18-11-5-3-4-10(13(11)19)8-21-23-17(29)14-12(9-27-6-1-2-7-27)28(26-22-14)16-15(20)24-30-25-16/h3-5,8H,1-2,6-7,9H2,(H2,20,24)(H,23,29)/b21-8+. The molecule has 11 nitrogen and oxygen atoms in total. The first-order valence-electron chi connectivity index (χ1n) is 9.07. The number of nitrogens with two attached hydrogens (primary N) is 1. The van der Waals surface area contributed by atoms with Crippen LogP contribution in [-0.4, -0.2) is 55.4 Å². The molecule has 0 aliphatic carbocycles. The molecule has 3 aromatic rings. The first kappa shape index (κ1) is 20.3. The third-order valence-corrected chi connectivity index (χ3v) is 5.43. The summed E-state index contributed by atoms with van der Waals surface area (Å²) in [7, 11) is 0. The number of nitrogen functional groups attached to an aromatic ring is 1. The van der Waals surface area contributed by atoms with Gasteiger partial charge in [-0.25, -0.2) is 10.1 Å². The Morgan fingerprint density at radius 1 is 1.30 bits per heavy atom. The van der Waals surface area contributed by atoms with Crippen LogP contribution < -0.4 is 11.2 Å². The van der Waals surface area contributed by atoms with Crippen LogP contribution in [0.5, 0.6) is 0 Å². The molecule has 1 saturated heterocycles. The van der Waals surface area contributed by atoms with Crippen LogP contribution in [0, 0.1) is 0 Å². The lowest BCUT2D eigenvalue weighted by atomic mass is 10.2. The molecule has 13 heteroatoms. The van der Waals surface area contributed by atoms with E-state index in [4.69, 9.17) is 28.9 Å². The fourth-order valence-electron chi connectivity index (χ4n) is 3.11. The van der Waals surface area contributed by atoms with E-state index in [-0.39, 0.29) is 17.3 Å². The zero-order valence-electron chi connectivity index (χ0n) is 15.6. The third-order valence-electron chi connectivity index (χ3n) is 4.60. The number of aromatic nitrogens is 5. The van der Waals surface area contributed by atoms with Gasteiger partial charge in [0.2, 0.25) is 11.6 Å². The predicted octanol–water partition coefficient (Wildman–Crippen LogP) is 1.90. The predicted molar refractivity (Wildman–Crippen MR) is 110 cm³/mol. The minimum absolute atomic E-state index is 0.0446. The normalized spacial score (nSPS) is 14.6. The van der Waals surface area contributed by atoms with Gasteiger partial charge in [-0.15, -0.1) is 5.10 Å². The Kier molecular flexibility index (Phi) is 5.93. The van der Waals surface area contributed by atoms with Crippen molar-refractivity contribution in [2.75, 3.05) is 18.8 Å². The maximum Gasteiger partial charge on any atom is 0.293 e. The van der Waals surface area contributed by atoms with Gasteiger partial charge in [-0.05, 0) is 42.3 Å². The summed E-state index contributed by atoms with van der Waals surface area (Å²) >= 11 is 12.1. The minimum Gasteiger partial charge on any atom is -0.378 e. The maximum absolute atomic E-state index is 12.7. The number of rotatable bonds is 6. The minimum atomic E-state index is -0.542. The highest BCUT2D eigenvalue weighted by Crippen LogP contribution is 2.24. The number of carbonyl (C=O) groups is 1. The second kappa shape index (κ2) is 8.78. The summed E-state index contributed by atoms with van der Waals surface area (Å²) in [6.45, 7) is 2.25. The fourth-order valence-corrected chi connectivity index (χ4v) is 3.47. The van der Waals surface area contributed by atoms with Crippen molar-refractivity contribution in [1.29, 1.82) is 0 Å². The second-order valence-corrected chi connectivity index (χ2v) is 7.38. The zero-order valence-corrected chi connectivity index (χ0v) is 17.1. The third kappa shape index (κ3) is 4.13. The van der Waals surface area contributed by atoms with Crippen LogP contribution in [0.1, 0.15) is 34.6 Å². The summed E-state index contributed by atoms with van der Waals surface area (Å²) in [4.78, 5) is 14.9. The van der Waals surface area contributed by atoms with Gasteiger partial charge < -0.3 is 5.73 Å². The Morgan fingerprint density at radius 3 is 2.83 bits per heavy atom. The lowest BCUT2D eigenvalue weighted by Gasteiger charge is -2.15. The summed E-state index contributed by atoms with van der Waals surface area (Å²) in [5.41, 5.74) is 9.39. The molecule has 0 atom stereocenters. The highest BCUT2D eigenvalue weighted by atomic mass is 35.5. The molecule has 1 aliphatic rings. The smallest absolute Gasteiger partial charge is 0.293 e. The number of nitrogens with zero attached hydrogens (tertiary/aromatic N) is 7. The number of likely N-dealkylation sites (tertiary alicyclic amines) is 1. The molecule has 3 heterocycles. The Bertz CT molecular complexity index is 1090. The van der Waals surface area contributed by atoms with Crippen molar-refractivity contribution in [3.05, 3.63) is 45.2 Å². The molecule has 3 N–H and O–H groups in total. The highest BCUT2D eigenvalue weighted by molar-refractivity contribution is 6.43. The number of hydrogen-bond acceptors (Lipinski definition) is 9. The zero-order chi connectivity index (χ0) is 21.1. The maximum atomic E-state index is 12.7. The number of hydrogen-bond donors (Lipinski definition) is 2. The molecular formula is C17H17Cl2N9O2. The van der Waals surface area contributed by atoms with Gasteiger partial charge in [0.25, 0.3) is 5.91 Å². The van der Waals surface area contributed by atoms with E-state index in [0.717, 1.165) is 25.9 Å². The van der Waals surface area contributed by atoms with Crippen molar-refractivity contribution in [3.63, 3.8) is 0 Å². The van der Waals surface area contributed by atoms with E-state index in [2.05, 4.69) is 40.7 Å². The van der Waals surface area contributed by atoms with Gasteiger partial charge in [0.15, 0.2) is 5.69 Å². The fraction of sp³-hybridized carbons (Fsp3) is 0.294. The van der Waals surface area contributed by atoms with Gasteiger partial charge >= 0.3 is 0 Å². The van der Waals surface area contributed by atoms with Crippen LogP contribution in [0.3, 0.4) is 0 Å². The van der Waals surface area contributed by atoms with Gasteiger partial charge in [-0.3, -0.25) is 9.69 Å². The number of carbonyl (C=O) groups excluding carboxylic acids is 1. The van der Waals surface area contributed by atoms with Gasteiger partial charge in [0.05, 0.1) is 22.0 Å². The molecule has 0 unspecified atom stereocenters. The first-order chi connectivity index (χ1) is 14.5. The molecule has 0 saturated carbocycles. The van der Waals surface area contributed by atoms with Crippen molar-refractivity contribution < 1.29 is 9.42 Å². The van der Waals surface area contributed by atoms with Crippen LogP contribution in [0.4, 0.5) is 5.82 Å². The van der Waals surface area contributed by atoms with Crippen LogP contribution >= 0.6 is 23.2 Å². The molecule has 1 fully saturated rings. The van der Waals surface area contributed by atoms with Gasteiger partial charge in [-0.1, -0.05) is 40.5 Å². The summed E-state index contributed by atoms with van der Waals surface area (Å²) in [5, 5.41) is 20.0. The molecule has 1 amide bonds. The molecule has 0 radical (unpaired) electrons. The Hall–Kier alpha value is -3.02. The summed E-state index contributed by atoms with van der Waals surface area (Å²) in [6, 6.07) is 5.11. The Balaban J connectivity index is 1.58. The van der Waals surface area contributed by atoms with E-state index < -0.39 is 5.91 Å². The second-order valence-electron chi connectivity index (χ2n) is 6.60. The lowest BCUT2D eigenvalue weighted by molar-refractivity contribution is 0.0948. The first-order valence-corrected chi connectivity index (χ1v) is 9.83. The number of halogens is 2. The summed E-state index contributed by atoms with van der Waals surface area (Å²) < 4.78 is 6.01. The number of nitrogens with one attached hydrogen (secondary N) is 1. The van der Waals surface area contributed by atoms with Crippen LogP contribution in [0.15, 0.2) is 27.9 Å². The lowest BCUT2D eigenvalue weighted by Crippen LogP contribution is -2.25. The van der Waals surface area contributed by atoms with Crippen molar-refractivity contribution in [1.82, 2.24) is 35.6 Å². The number of amides is 1. The quantitative estimate of drug-likeness (QED) is 0.429. The summed E-state index contributed by atoms with van der Waals surface area (Å²) in [5.74, 6) is -0.326. The Morgan fingerprint density at radius 2 is 2.10 bits per heavy atom. The monoisotopic (exact) mass is 449 g/mol. The molecule has 156 valence electrons. The average Bonchev–Trinajstić information content (AvgIpc) is 3.47. The summed E-state index contributed by atoms with van der Waals surface area (Å²) in [6.07, 6.45) is 3.57. The van der Waals surface area contributed by atoms with Gasteiger partial charge in [-0.2, -0.15) is 9.78 Å². The van der Waals surface area contributed by atoms with E-state index in [1.165, 1.54) is 10.9 Å². The SMILES string of the molecule is Nc1nonc1-n1nnc(C(=O)N/N=C/c2cccc(Cl)c2Cl)c1CN1CCCC1. The van der Waals surface area contributed by atoms with Crippen molar-refractivity contribution in [2.45, 2.75) is 19.4 Å². The van der Waals surface area contributed by atoms with E-state index in [9.17, 15) is 4.79 Å². The van der Waals surface area contributed by atoms with Crippen molar-refractivity contribution >= 4 is 41.1 Å². The van der Waals surface area contributed by atoms with Crippen LogP contribution in [0.25, 0.3) is 5.82 Å². The molecule has 4 rings (SSSR count).